The Balaban J connectivity index is 0.000000343. The Kier molecular flexibility index (Phi) is 10.3. The maximum atomic E-state index is 11.9. The summed E-state index contributed by atoms with van der Waals surface area (Å²) in [5.74, 6) is -5.90. The van der Waals surface area contributed by atoms with E-state index in [-0.39, 0.29) is 5.97 Å². The molecule has 0 atom stereocenters. The first-order chi connectivity index (χ1) is 15.6. The SMILES string of the molecule is COC(=O)c1nn(C2CCNCC2)c2ccc(Br)cc12.O=C(O)C(F)(F)F.O=C(O)C(F)(F)F. The van der Waals surface area contributed by atoms with Gasteiger partial charge in [0.1, 0.15) is 0 Å². The maximum absolute atomic E-state index is 11.9. The van der Waals surface area contributed by atoms with Crippen LogP contribution in [-0.2, 0) is 14.3 Å². The van der Waals surface area contributed by atoms with Gasteiger partial charge in [0.05, 0.1) is 18.7 Å². The fraction of sp³-hybridized carbons (Fsp3) is 0.444. The lowest BCUT2D eigenvalue weighted by atomic mass is 10.1. The first kappa shape index (κ1) is 29.2. The molecule has 0 spiro atoms. The second-order valence-electron chi connectivity index (χ2n) is 6.53. The van der Waals surface area contributed by atoms with Crippen molar-refractivity contribution in [2.45, 2.75) is 31.2 Å². The van der Waals surface area contributed by atoms with E-state index in [0.29, 0.717) is 11.7 Å². The molecule has 0 radical (unpaired) electrons. The summed E-state index contributed by atoms with van der Waals surface area (Å²) in [6.07, 6.45) is -8.12. The smallest absolute Gasteiger partial charge is 0.475 e. The van der Waals surface area contributed by atoms with Gasteiger partial charge in [0.15, 0.2) is 5.69 Å². The van der Waals surface area contributed by atoms with Crippen LogP contribution in [0.3, 0.4) is 0 Å². The zero-order chi connectivity index (χ0) is 26.3. The van der Waals surface area contributed by atoms with Crippen molar-refractivity contribution in [2.24, 2.45) is 0 Å². The quantitative estimate of drug-likeness (QED) is 0.370. The van der Waals surface area contributed by atoms with Crippen LogP contribution in [0.4, 0.5) is 26.3 Å². The normalized spacial score (nSPS) is 14.4. The molecule has 1 aromatic heterocycles. The predicted molar refractivity (Wildman–Crippen MR) is 107 cm³/mol. The number of aliphatic carboxylic acids is 2. The van der Waals surface area contributed by atoms with Crippen molar-refractivity contribution >= 4 is 44.7 Å². The minimum Gasteiger partial charge on any atom is -0.475 e. The number of hydrogen-bond acceptors (Lipinski definition) is 6. The molecule has 2 heterocycles. The number of methoxy groups -OCH3 is 1. The maximum Gasteiger partial charge on any atom is 0.490 e. The lowest BCUT2D eigenvalue weighted by Crippen LogP contribution is -2.30. The molecule has 3 N–H and O–H groups in total. The van der Waals surface area contributed by atoms with Gasteiger partial charge in [-0.25, -0.2) is 14.4 Å². The second kappa shape index (κ2) is 12.0. The van der Waals surface area contributed by atoms with Crippen LogP contribution >= 0.6 is 15.9 Å². The van der Waals surface area contributed by atoms with Gasteiger partial charge < -0.3 is 20.3 Å². The number of esters is 1. The molecule has 1 fully saturated rings. The third-order valence-electron chi connectivity index (χ3n) is 4.19. The summed E-state index contributed by atoms with van der Waals surface area (Å²) >= 11 is 3.44. The Hall–Kier alpha value is -2.88. The van der Waals surface area contributed by atoms with E-state index in [1.54, 1.807) is 0 Å². The molecule has 1 aliphatic rings. The van der Waals surface area contributed by atoms with Crippen molar-refractivity contribution in [1.29, 1.82) is 0 Å². The topological polar surface area (TPSA) is 131 Å². The Morgan fingerprint density at radius 1 is 1.06 bits per heavy atom. The van der Waals surface area contributed by atoms with E-state index in [2.05, 4.69) is 26.3 Å². The number of halogens is 7. The van der Waals surface area contributed by atoms with E-state index in [4.69, 9.17) is 24.5 Å². The van der Waals surface area contributed by atoms with E-state index >= 15 is 0 Å². The predicted octanol–water partition coefficient (Wildman–Crippen LogP) is 3.78. The zero-order valence-electron chi connectivity index (χ0n) is 17.2. The number of fused-ring (bicyclic) bond motifs is 1. The molecule has 16 heteroatoms. The molecule has 34 heavy (non-hydrogen) atoms. The van der Waals surface area contributed by atoms with Crippen LogP contribution < -0.4 is 5.32 Å². The number of carboxylic acids is 2. The number of alkyl halides is 6. The first-order valence-electron chi connectivity index (χ1n) is 9.16. The van der Waals surface area contributed by atoms with Crippen LogP contribution in [0.2, 0.25) is 0 Å². The van der Waals surface area contributed by atoms with Gasteiger partial charge in [0, 0.05) is 9.86 Å². The molecule has 0 saturated carbocycles. The number of carbonyl (C=O) groups is 3. The average molecular weight is 566 g/mol. The Morgan fingerprint density at radius 3 is 1.94 bits per heavy atom. The van der Waals surface area contributed by atoms with E-state index in [1.807, 2.05) is 22.9 Å². The molecule has 0 aliphatic carbocycles. The van der Waals surface area contributed by atoms with Crippen molar-refractivity contribution in [3.63, 3.8) is 0 Å². The van der Waals surface area contributed by atoms with Crippen LogP contribution in [-0.4, -0.2) is 70.5 Å². The number of aromatic nitrogens is 2. The molecular weight excluding hydrogens is 548 g/mol. The standard InChI is InChI=1S/C14H16BrN3O2.2C2HF3O2/c1-20-14(19)13-11-8-9(15)2-3-12(11)18(17-13)10-4-6-16-7-5-10;2*3-2(4,5)1(6)7/h2-3,8,10,16H,4-7H2,1H3;2*(H,6,7). The van der Waals surface area contributed by atoms with Crippen molar-refractivity contribution in [3.8, 4) is 0 Å². The second-order valence-corrected chi connectivity index (χ2v) is 7.45. The molecule has 0 amide bonds. The van der Waals surface area contributed by atoms with Gasteiger partial charge in [-0.05, 0) is 44.1 Å². The molecule has 0 unspecified atom stereocenters. The summed E-state index contributed by atoms with van der Waals surface area (Å²) in [4.78, 5) is 29.7. The zero-order valence-corrected chi connectivity index (χ0v) is 18.8. The average Bonchev–Trinajstić information content (AvgIpc) is 3.12. The number of carboxylic acid groups (broad SMARTS) is 2. The Bertz CT molecular complexity index is 994. The summed E-state index contributed by atoms with van der Waals surface area (Å²) < 4.78 is 71.2. The van der Waals surface area contributed by atoms with Crippen LogP contribution in [0, 0.1) is 0 Å². The Morgan fingerprint density at radius 2 is 1.53 bits per heavy atom. The molecule has 1 aromatic carbocycles. The number of carbonyl (C=O) groups excluding carboxylic acids is 1. The number of nitrogens with zero attached hydrogens (tertiary/aromatic N) is 2. The fourth-order valence-corrected chi connectivity index (χ4v) is 3.05. The molecule has 2 aromatic rings. The first-order valence-corrected chi connectivity index (χ1v) is 9.95. The lowest BCUT2D eigenvalue weighted by Gasteiger charge is -2.23. The number of piperidine rings is 1. The molecule has 190 valence electrons. The highest BCUT2D eigenvalue weighted by Crippen LogP contribution is 2.29. The van der Waals surface area contributed by atoms with Gasteiger partial charge in [0.2, 0.25) is 0 Å². The number of hydrogen-bond donors (Lipinski definition) is 3. The third kappa shape index (κ3) is 8.48. The summed E-state index contributed by atoms with van der Waals surface area (Å²) in [6.45, 7) is 1.96. The van der Waals surface area contributed by atoms with E-state index in [0.717, 1.165) is 41.3 Å². The fourth-order valence-electron chi connectivity index (χ4n) is 2.69. The highest BCUT2D eigenvalue weighted by molar-refractivity contribution is 9.10. The van der Waals surface area contributed by atoms with Crippen LogP contribution in [0.1, 0.15) is 29.4 Å². The molecule has 1 saturated heterocycles. The van der Waals surface area contributed by atoms with Gasteiger partial charge >= 0.3 is 30.3 Å². The van der Waals surface area contributed by atoms with E-state index in [9.17, 15) is 31.1 Å². The van der Waals surface area contributed by atoms with Gasteiger partial charge in [-0.1, -0.05) is 15.9 Å². The minimum atomic E-state index is -5.08. The van der Waals surface area contributed by atoms with Crippen molar-refractivity contribution < 1.29 is 55.7 Å². The Labute approximate surface area is 195 Å². The molecule has 3 rings (SSSR count). The van der Waals surface area contributed by atoms with Gasteiger partial charge in [-0.15, -0.1) is 0 Å². The van der Waals surface area contributed by atoms with Crippen molar-refractivity contribution in [2.75, 3.05) is 20.2 Å². The largest absolute Gasteiger partial charge is 0.490 e. The summed E-state index contributed by atoms with van der Waals surface area (Å²) in [6, 6.07) is 6.23. The van der Waals surface area contributed by atoms with Crippen LogP contribution in [0.15, 0.2) is 22.7 Å². The lowest BCUT2D eigenvalue weighted by molar-refractivity contribution is -0.193. The van der Waals surface area contributed by atoms with Gasteiger partial charge in [-0.2, -0.15) is 31.4 Å². The van der Waals surface area contributed by atoms with Crippen LogP contribution in [0.5, 0.6) is 0 Å². The van der Waals surface area contributed by atoms with E-state index in [1.165, 1.54) is 7.11 Å². The van der Waals surface area contributed by atoms with Gasteiger partial charge in [0.25, 0.3) is 0 Å². The summed E-state index contributed by atoms with van der Waals surface area (Å²) in [7, 11) is 1.38. The third-order valence-corrected chi connectivity index (χ3v) is 4.68. The minimum absolute atomic E-state index is 0.332. The molecular formula is C18H18BrF6N3O6. The summed E-state index contributed by atoms with van der Waals surface area (Å²) in [5, 5.41) is 22.9. The van der Waals surface area contributed by atoms with Gasteiger partial charge in [-0.3, -0.25) is 4.68 Å². The van der Waals surface area contributed by atoms with Crippen molar-refractivity contribution in [3.05, 3.63) is 28.4 Å². The number of benzene rings is 1. The highest BCUT2D eigenvalue weighted by atomic mass is 79.9. The van der Waals surface area contributed by atoms with Crippen LogP contribution in [0.25, 0.3) is 10.9 Å². The monoisotopic (exact) mass is 565 g/mol. The highest BCUT2D eigenvalue weighted by Gasteiger charge is 2.38. The molecule has 0 bridgehead atoms. The van der Waals surface area contributed by atoms with E-state index < -0.39 is 24.3 Å². The van der Waals surface area contributed by atoms with Crippen molar-refractivity contribution in [1.82, 2.24) is 15.1 Å². The molecule has 9 nitrogen and oxygen atoms in total. The number of nitrogens with one attached hydrogen (secondary N) is 1. The number of rotatable bonds is 2. The molecule has 1 aliphatic heterocycles. The number of ether oxygens (including phenoxy) is 1. The summed E-state index contributed by atoms with van der Waals surface area (Å²) in [5.41, 5.74) is 1.38.